The van der Waals surface area contributed by atoms with Crippen LogP contribution in [0.15, 0.2) is 36.4 Å². The van der Waals surface area contributed by atoms with Crippen molar-refractivity contribution in [3.8, 4) is 11.5 Å². The molecule has 0 spiro atoms. The maximum absolute atomic E-state index is 13.1. The number of carbonyl (C=O) groups excluding carboxylic acids is 1. The predicted octanol–water partition coefficient (Wildman–Crippen LogP) is 2.99. The Morgan fingerprint density at radius 3 is 2.59 bits per heavy atom. The molecule has 1 atom stereocenters. The van der Waals surface area contributed by atoms with Gasteiger partial charge in [-0.2, -0.15) is 0 Å². The number of benzene rings is 2. The van der Waals surface area contributed by atoms with Gasteiger partial charge in [0, 0.05) is 12.1 Å². The summed E-state index contributed by atoms with van der Waals surface area (Å²) in [6.45, 7) is 4.60. The second-order valence-electron chi connectivity index (χ2n) is 7.01. The lowest BCUT2D eigenvalue weighted by molar-refractivity contribution is -0.139. The van der Waals surface area contributed by atoms with Gasteiger partial charge in [-0.05, 0) is 54.8 Å². The van der Waals surface area contributed by atoms with E-state index in [9.17, 15) is 9.59 Å². The maximum atomic E-state index is 13.1. The van der Waals surface area contributed by atoms with Crippen molar-refractivity contribution in [3.63, 3.8) is 0 Å². The lowest BCUT2D eigenvalue weighted by atomic mass is 10.0. The van der Waals surface area contributed by atoms with E-state index in [0.29, 0.717) is 31.0 Å². The fourth-order valence-electron chi connectivity index (χ4n) is 3.50. The van der Waals surface area contributed by atoms with Crippen molar-refractivity contribution in [2.45, 2.75) is 20.0 Å². The summed E-state index contributed by atoms with van der Waals surface area (Å²) in [4.78, 5) is 25.6. The predicted molar refractivity (Wildman–Crippen MR) is 107 cm³/mol. The van der Waals surface area contributed by atoms with E-state index in [0.717, 1.165) is 22.4 Å². The lowest BCUT2D eigenvalue weighted by Gasteiger charge is -2.33. The summed E-state index contributed by atoms with van der Waals surface area (Å²) in [5.41, 5.74) is 2.97. The van der Waals surface area contributed by atoms with Crippen molar-refractivity contribution >= 4 is 11.9 Å². The highest BCUT2D eigenvalue weighted by atomic mass is 16.5. The van der Waals surface area contributed by atoms with Gasteiger partial charge in [0.2, 0.25) is 0 Å². The Hall–Kier alpha value is -3.06. The maximum Gasteiger partial charge on any atom is 0.341 e. The van der Waals surface area contributed by atoms with Gasteiger partial charge in [-0.15, -0.1) is 0 Å². The third-order valence-electron chi connectivity index (χ3n) is 4.87. The Kier molecular flexibility index (Phi) is 6.39. The van der Waals surface area contributed by atoms with Gasteiger partial charge in [-0.1, -0.05) is 12.1 Å². The molecule has 1 N–H and O–H groups in total. The van der Waals surface area contributed by atoms with E-state index in [1.165, 1.54) is 0 Å². The molecule has 29 heavy (non-hydrogen) atoms. The van der Waals surface area contributed by atoms with Crippen LogP contribution in [0.2, 0.25) is 0 Å². The number of hydrogen-bond donors (Lipinski definition) is 1. The van der Waals surface area contributed by atoms with Gasteiger partial charge in [0.1, 0.15) is 17.6 Å². The molecule has 1 fully saturated rings. The molecule has 1 saturated heterocycles. The van der Waals surface area contributed by atoms with Crippen LogP contribution in [0.3, 0.4) is 0 Å². The largest absolute Gasteiger partial charge is 0.497 e. The van der Waals surface area contributed by atoms with Gasteiger partial charge < -0.3 is 24.2 Å². The highest BCUT2D eigenvalue weighted by molar-refractivity contribution is 5.95. The normalized spacial score (nSPS) is 16.4. The van der Waals surface area contributed by atoms with Gasteiger partial charge >= 0.3 is 5.97 Å². The number of carboxylic acids is 1. The number of carbonyl (C=O) groups is 2. The molecule has 7 nitrogen and oxygen atoms in total. The van der Waals surface area contributed by atoms with Crippen LogP contribution in [0.5, 0.6) is 11.5 Å². The van der Waals surface area contributed by atoms with Gasteiger partial charge in [-0.25, -0.2) is 4.79 Å². The fourth-order valence-corrected chi connectivity index (χ4v) is 3.50. The zero-order chi connectivity index (χ0) is 21.0. The van der Waals surface area contributed by atoms with Gasteiger partial charge in [-0.3, -0.25) is 4.79 Å². The first-order valence-corrected chi connectivity index (χ1v) is 9.39. The van der Waals surface area contributed by atoms with Crippen molar-refractivity contribution < 1.29 is 28.9 Å². The summed E-state index contributed by atoms with van der Waals surface area (Å²) in [7, 11) is 1.62. The monoisotopic (exact) mass is 399 g/mol. The van der Waals surface area contributed by atoms with E-state index in [4.69, 9.17) is 19.3 Å². The van der Waals surface area contributed by atoms with Gasteiger partial charge in [0.15, 0.2) is 6.61 Å². The fraction of sp³-hybridized carbons (Fsp3) is 0.364. The summed E-state index contributed by atoms with van der Waals surface area (Å²) >= 11 is 0. The molecule has 3 rings (SSSR count). The van der Waals surface area contributed by atoms with E-state index >= 15 is 0 Å². The molecule has 1 aliphatic rings. The molecule has 1 amide bonds. The highest BCUT2D eigenvalue weighted by Crippen LogP contribution is 2.28. The molecule has 154 valence electrons. The molecule has 1 heterocycles. The number of aryl methyl sites for hydroxylation is 2. The van der Waals surface area contributed by atoms with Crippen molar-refractivity contribution in [3.05, 3.63) is 58.7 Å². The molecule has 0 saturated carbocycles. The number of methoxy groups -OCH3 is 1. The molecular formula is C22H25NO6. The molecule has 0 radical (unpaired) electrons. The first-order valence-electron chi connectivity index (χ1n) is 9.39. The number of amides is 1. The molecule has 0 bridgehead atoms. The Labute approximate surface area is 169 Å². The van der Waals surface area contributed by atoms with Crippen molar-refractivity contribution in [2.75, 3.05) is 33.4 Å². The van der Waals surface area contributed by atoms with Crippen LogP contribution in [-0.4, -0.2) is 55.3 Å². The van der Waals surface area contributed by atoms with Crippen LogP contribution >= 0.6 is 0 Å². The first-order chi connectivity index (χ1) is 13.9. The minimum atomic E-state index is -1.04. The molecule has 1 aliphatic heterocycles. The SMILES string of the molecule is COc1cccc(C2CN(C(=O)c3cc(C)c(OCC(=O)O)c(C)c3)CCO2)c1. The Bertz CT molecular complexity index is 887. The van der Waals surface area contributed by atoms with Crippen LogP contribution in [-0.2, 0) is 9.53 Å². The van der Waals surface area contributed by atoms with Crippen LogP contribution in [0.4, 0.5) is 0 Å². The third-order valence-corrected chi connectivity index (χ3v) is 4.87. The number of rotatable bonds is 6. The summed E-state index contributed by atoms with van der Waals surface area (Å²) in [6.07, 6.45) is -0.219. The first kappa shape index (κ1) is 20.7. The van der Waals surface area contributed by atoms with E-state index in [-0.39, 0.29) is 12.0 Å². The van der Waals surface area contributed by atoms with E-state index < -0.39 is 12.6 Å². The second-order valence-corrected chi connectivity index (χ2v) is 7.01. The second kappa shape index (κ2) is 8.96. The topological polar surface area (TPSA) is 85.3 Å². The molecule has 7 heteroatoms. The van der Waals surface area contributed by atoms with E-state index in [1.807, 2.05) is 24.3 Å². The standard InChI is InChI=1S/C22H25NO6/c1-14-9-17(10-15(2)21(14)29-13-20(24)25)22(26)23-7-8-28-19(12-23)16-5-4-6-18(11-16)27-3/h4-6,9-11,19H,7-8,12-13H2,1-3H3,(H,24,25). The van der Waals surface area contributed by atoms with Crippen LogP contribution in [0.25, 0.3) is 0 Å². The summed E-state index contributed by atoms with van der Waals surface area (Å²) < 4.78 is 16.5. The van der Waals surface area contributed by atoms with Crippen molar-refractivity contribution in [2.24, 2.45) is 0 Å². The van der Waals surface area contributed by atoms with Crippen LogP contribution in [0, 0.1) is 13.8 Å². The number of morpholine rings is 1. The van der Waals surface area contributed by atoms with Gasteiger partial charge in [0.25, 0.3) is 5.91 Å². The molecule has 1 unspecified atom stereocenters. The lowest BCUT2D eigenvalue weighted by Crippen LogP contribution is -2.42. The molecule has 2 aromatic carbocycles. The number of ether oxygens (including phenoxy) is 3. The Balaban J connectivity index is 1.76. The van der Waals surface area contributed by atoms with E-state index in [2.05, 4.69) is 0 Å². The molecular weight excluding hydrogens is 374 g/mol. The highest BCUT2D eigenvalue weighted by Gasteiger charge is 2.27. The summed E-state index contributed by atoms with van der Waals surface area (Å²) in [6, 6.07) is 11.1. The van der Waals surface area contributed by atoms with Crippen LogP contribution in [0.1, 0.15) is 33.2 Å². The average molecular weight is 399 g/mol. The Morgan fingerprint density at radius 1 is 1.21 bits per heavy atom. The van der Waals surface area contributed by atoms with E-state index in [1.54, 1.807) is 38.0 Å². The van der Waals surface area contributed by atoms with Gasteiger partial charge in [0.05, 0.1) is 20.3 Å². The zero-order valence-corrected chi connectivity index (χ0v) is 16.8. The smallest absolute Gasteiger partial charge is 0.341 e. The van der Waals surface area contributed by atoms with Crippen molar-refractivity contribution in [1.29, 1.82) is 0 Å². The number of nitrogens with zero attached hydrogens (tertiary/aromatic N) is 1. The molecule has 2 aromatic rings. The number of hydrogen-bond acceptors (Lipinski definition) is 5. The summed E-state index contributed by atoms with van der Waals surface area (Å²) in [5.74, 6) is 0.121. The minimum absolute atomic E-state index is 0.0859. The third kappa shape index (κ3) is 4.86. The number of aliphatic carboxylic acids is 1. The average Bonchev–Trinajstić information content (AvgIpc) is 2.72. The Morgan fingerprint density at radius 2 is 1.93 bits per heavy atom. The summed E-state index contributed by atoms with van der Waals surface area (Å²) in [5, 5.41) is 8.82. The molecule has 0 aliphatic carbocycles. The quantitative estimate of drug-likeness (QED) is 0.804. The van der Waals surface area contributed by atoms with Crippen molar-refractivity contribution in [1.82, 2.24) is 4.90 Å². The van der Waals surface area contributed by atoms with Crippen LogP contribution < -0.4 is 9.47 Å². The minimum Gasteiger partial charge on any atom is -0.497 e. The zero-order valence-electron chi connectivity index (χ0n) is 16.8. The number of carboxylic acid groups (broad SMARTS) is 1. The molecule has 0 aromatic heterocycles.